The largest absolute Gasteiger partial charge is 0.495 e. The number of nitrogens with one attached hydrogen (secondary N) is 1. The molecule has 0 aromatic heterocycles. The van der Waals surface area contributed by atoms with Gasteiger partial charge in [-0.3, -0.25) is 9.59 Å². The highest BCUT2D eigenvalue weighted by molar-refractivity contribution is 5.96. The molecule has 1 amide bonds. The molecule has 1 aromatic carbocycles. The third kappa shape index (κ3) is 3.76. The first-order valence-electron chi connectivity index (χ1n) is 5.71. The SMILES string of the molecule is CCC(=O)O[C@H](C)C(=O)Nc1ccccc1OC. The molecule has 0 aliphatic rings. The summed E-state index contributed by atoms with van der Waals surface area (Å²) in [4.78, 5) is 22.9. The van der Waals surface area contributed by atoms with E-state index in [-0.39, 0.29) is 12.3 Å². The predicted molar refractivity (Wildman–Crippen MR) is 67.5 cm³/mol. The summed E-state index contributed by atoms with van der Waals surface area (Å²) in [6.07, 6.45) is -0.589. The third-order valence-corrected chi connectivity index (χ3v) is 2.33. The smallest absolute Gasteiger partial charge is 0.306 e. The summed E-state index contributed by atoms with van der Waals surface area (Å²) in [7, 11) is 1.52. The Morgan fingerprint density at radius 3 is 2.61 bits per heavy atom. The van der Waals surface area contributed by atoms with E-state index in [1.54, 1.807) is 31.2 Å². The fraction of sp³-hybridized carbons (Fsp3) is 0.385. The number of carbonyl (C=O) groups is 2. The molecule has 5 nitrogen and oxygen atoms in total. The van der Waals surface area contributed by atoms with E-state index < -0.39 is 12.1 Å². The molecule has 1 atom stereocenters. The normalized spacial score (nSPS) is 11.5. The van der Waals surface area contributed by atoms with Crippen LogP contribution in [0.2, 0.25) is 0 Å². The predicted octanol–water partition coefficient (Wildman–Crippen LogP) is 1.98. The second-order valence-electron chi connectivity index (χ2n) is 3.68. The molecule has 98 valence electrons. The van der Waals surface area contributed by atoms with Crippen LogP contribution in [-0.4, -0.2) is 25.1 Å². The van der Waals surface area contributed by atoms with Gasteiger partial charge in [0.1, 0.15) is 5.75 Å². The molecule has 0 saturated carbocycles. The minimum absolute atomic E-state index is 0.242. The van der Waals surface area contributed by atoms with E-state index in [0.29, 0.717) is 11.4 Å². The van der Waals surface area contributed by atoms with Crippen LogP contribution in [0.1, 0.15) is 20.3 Å². The quantitative estimate of drug-likeness (QED) is 0.813. The molecule has 1 aromatic rings. The van der Waals surface area contributed by atoms with E-state index in [2.05, 4.69) is 5.32 Å². The van der Waals surface area contributed by atoms with Gasteiger partial charge in [-0.1, -0.05) is 19.1 Å². The van der Waals surface area contributed by atoms with E-state index in [0.717, 1.165) is 0 Å². The van der Waals surface area contributed by atoms with Gasteiger partial charge < -0.3 is 14.8 Å². The monoisotopic (exact) mass is 251 g/mol. The van der Waals surface area contributed by atoms with Crippen molar-refractivity contribution in [3.05, 3.63) is 24.3 Å². The van der Waals surface area contributed by atoms with E-state index in [1.165, 1.54) is 14.0 Å². The second kappa shape index (κ2) is 6.64. The van der Waals surface area contributed by atoms with Crippen LogP contribution in [0.25, 0.3) is 0 Å². The van der Waals surface area contributed by atoms with E-state index in [1.807, 2.05) is 0 Å². The maximum Gasteiger partial charge on any atom is 0.306 e. The topological polar surface area (TPSA) is 64.6 Å². The van der Waals surface area contributed by atoms with Crippen molar-refractivity contribution in [3.63, 3.8) is 0 Å². The maximum atomic E-state index is 11.8. The average Bonchev–Trinajstić information content (AvgIpc) is 2.39. The van der Waals surface area contributed by atoms with Gasteiger partial charge in [0.25, 0.3) is 5.91 Å². The molecule has 0 aliphatic carbocycles. The van der Waals surface area contributed by atoms with Crippen LogP contribution in [0.3, 0.4) is 0 Å². The van der Waals surface area contributed by atoms with Crippen molar-refractivity contribution in [1.82, 2.24) is 0 Å². The number of anilines is 1. The van der Waals surface area contributed by atoms with Gasteiger partial charge in [0, 0.05) is 6.42 Å². The molecule has 0 bridgehead atoms. The minimum Gasteiger partial charge on any atom is -0.495 e. The molecule has 0 spiro atoms. The second-order valence-corrected chi connectivity index (χ2v) is 3.68. The van der Waals surface area contributed by atoms with Crippen molar-refractivity contribution in [3.8, 4) is 5.75 Å². The Kier molecular flexibility index (Phi) is 5.17. The molecule has 18 heavy (non-hydrogen) atoms. The summed E-state index contributed by atoms with van der Waals surface area (Å²) in [6, 6.07) is 7.03. The molecule has 0 radical (unpaired) electrons. The van der Waals surface area contributed by atoms with Gasteiger partial charge in [-0.15, -0.1) is 0 Å². The van der Waals surface area contributed by atoms with Gasteiger partial charge in [-0.25, -0.2) is 0 Å². The summed E-state index contributed by atoms with van der Waals surface area (Å²) >= 11 is 0. The van der Waals surface area contributed by atoms with Crippen molar-refractivity contribution < 1.29 is 19.1 Å². The van der Waals surface area contributed by atoms with Crippen molar-refractivity contribution in [2.75, 3.05) is 12.4 Å². The van der Waals surface area contributed by atoms with Crippen LogP contribution in [0.5, 0.6) is 5.75 Å². The molecule has 1 N–H and O–H groups in total. The first-order chi connectivity index (χ1) is 8.58. The highest BCUT2D eigenvalue weighted by atomic mass is 16.5. The Labute approximate surface area is 106 Å². The number of para-hydroxylation sites is 2. The van der Waals surface area contributed by atoms with Crippen LogP contribution in [0.15, 0.2) is 24.3 Å². The number of benzene rings is 1. The Hall–Kier alpha value is -2.04. The molecule has 0 heterocycles. The number of methoxy groups -OCH3 is 1. The maximum absolute atomic E-state index is 11.8. The zero-order valence-electron chi connectivity index (χ0n) is 10.7. The van der Waals surface area contributed by atoms with Crippen LogP contribution in [0.4, 0.5) is 5.69 Å². The van der Waals surface area contributed by atoms with Gasteiger partial charge >= 0.3 is 5.97 Å². The zero-order chi connectivity index (χ0) is 13.5. The van der Waals surface area contributed by atoms with Gasteiger partial charge in [-0.05, 0) is 19.1 Å². The summed E-state index contributed by atoms with van der Waals surface area (Å²) in [5, 5.41) is 2.65. The molecule has 0 aliphatic heterocycles. The Balaban J connectivity index is 2.66. The molecule has 0 saturated heterocycles. The van der Waals surface area contributed by atoms with E-state index in [9.17, 15) is 9.59 Å². The van der Waals surface area contributed by atoms with Crippen molar-refractivity contribution in [2.24, 2.45) is 0 Å². The number of ether oxygens (including phenoxy) is 2. The number of esters is 1. The van der Waals surface area contributed by atoms with E-state index >= 15 is 0 Å². The summed E-state index contributed by atoms with van der Waals surface area (Å²) in [6.45, 7) is 3.20. The standard InChI is InChI=1S/C13H17NO4/c1-4-12(15)18-9(2)13(16)14-10-7-5-6-8-11(10)17-3/h5-9H,4H2,1-3H3,(H,14,16)/t9-/m1/s1. The first kappa shape index (κ1) is 14.0. The van der Waals surface area contributed by atoms with Gasteiger partial charge in [-0.2, -0.15) is 0 Å². The van der Waals surface area contributed by atoms with Crippen LogP contribution >= 0.6 is 0 Å². The summed E-state index contributed by atoms with van der Waals surface area (Å²) in [5.74, 6) is -0.237. The lowest BCUT2D eigenvalue weighted by molar-refractivity contribution is -0.152. The van der Waals surface area contributed by atoms with Gasteiger partial charge in [0.05, 0.1) is 12.8 Å². The highest BCUT2D eigenvalue weighted by Crippen LogP contribution is 2.23. The molecule has 0 fully saturated rings. The summed E-state index contributed by atoms with van der Waals surface area (Å²) in [5.41, 5.74) is 0.546. The number of amides is 1. The van der Waals surface area contributed by atoms with Crippen molar-refractivity contribution in [1.29, 1.82) is 0 Å². The molecule has 1 rings (SSSR count). The minimum atomic E-state index is -0.831. The lowest BCUT2D eigenvalue weighted by Crippen LogP contribution is -2.29. The molecular weight excluding hydrogens is 234 g/mol. The Bertz CT molecular complexity index is 431. The lowest BCUT2D eigenvalue weighted by atomic mass is 10.2. The number of hydrogen-bond donors (Lipinski definition) is 1. The first-order valence-corrected chi connectivity index (χ1v) is 5.71. The fourth-order valence-electron chi connectivity index (χ4n) is 1.32. The van der Waals surface area contributed by atoms with Crippen LogP contribution < -0.4 is 10.1 Å². The summed E-state index contributed by atoms with van der Waals surface area (Å²) < 4.78 is 10.0. The Morgan fingerprint density at radius 2 is 2.00 bits per heavy atom. The zero-order valence-corrected chi connectivity index (χ0v) is 10.7. The number of carbonyl (C=O) groups excluding carboxylic acids is 2. The molecule has 5 heteroatoms. The van der Waals surface area contributed by atoms with Crippen molar-refractivity contribution >= 4 is 17.6 Å². The third-order valence-electron chi connectivity index (χ3n) is 2.33. The molecular formula is C13H17NO4. The van der Waals surface area contributed by atoms with Crippen LogP contribution in [0, 0.1) is 0 Å². The number of hydrogen-bond acceptors (Lipinski definition) is 4. The van der Waals surface area contributed by atoms with Gasteiger partial charge in [0.15, 0.2) is 6.10 Å². The number of rotatable bonds is 5. The van der Waals surface area contributed by atoms with Gasteiger partial charge in [0.2, 0.25) is 0 Å². The van der Waals surface area contributed by atoms with Crippen LogP contribution in [-0.2, 0) is 14.3 Å². The average molecular weight is 251 g/mol. The lowest BCUT2D eigenvalue weighted by Gasteiger charge is -2.14. The highest BCUT2D eigenvalue weighted by Gasteiger charge is 2.18. The van der Waals surface area contributed by atoms with E-state index in [4.69, 9.17) is 9.47 Å². The Morgan fingerprint density at radius 1 is 1.33 bits per heavy atom. The molecule has 0 unspecified atom stereocenters. The van der Waals surface area contributed by atoms with Crippen molar-refractivity contribution in [2.45, 2.75) is 26.4 Å². The fourth-order valence-corrected chi connectivity index (χ4v) is 1.32.